The molecule has 1 rings (SSSR count). The molecule has 4 heteroatoms. The van der Waals surface area contributed by atoms with Crippen LogP contribution in [0.15, 0.2) is 12.4 Å². The minimum atomic E-state index is 0.601. The third-order valence-corrected chi connectivity index (χ3v) is 2.71. The zero-order valence-electron chi connectivity index (χ0n) is 7.78. The molecule has 74 valence electrons. The Bertz CT molecular complexity index is 250. The SMILES string of the molecule is CCCC(CS)Cn1cc(Cl)cn1. The number of thiol groups is 1. The first-order chi connectivity index (χ1) is 6.26. The Kier molecular flexibility index (Phi) is 4.67. The van der Waals surface area contributed by atoms with Gasteiger partial charge in [-0.2, -0.15) is 17.7 Å². The molecule has 13 heavy (non-hydrogen) atoms. The van der Waals surface area contributed by atoms with E-state index in [-0.39, 0.29) is 0 Å². The van der Waals surface area contributed by atoms with Crippen LogP contribution < -0.4 is 0 Å². The fourth-order valence-electron chi connectivity index (χ4n) is 1.35. The molecule has 0 spiro atoms. The molecule has 0 aliphatic carbocycles. The molecule has 0 amide bonds. The molecule has 0 radical (unpaired) electrons. The summed E-state index contributed by atoms with van der Waals surface area (Å²) in [6.07, 6.45) is 5.91. The maximum atomic E-state index is 5.76. The second-order valence-electron chi connectivity index (χ2n) is 3.22. The Labute approximate surface area is 89.7 Å². The van der Waals surface area contributed by atoms with Gasteiger partial charge in [0, 0.05) is 12.7 Å². The average molecular weight is 219 g/mol. The standard InChI is InChI=1S/C9H15ClN2S/c1-2-3-8(7-13)5-12-6-9(10)4-11-12/h4,6,8,13H,2-3,5,7H2,1H3. The minimum Gasteiger partial charge on any atom is -0.271 e. The summed E-state index contributed by atoms with van der Waals surface area (Å²) < 4.78 is 1.89. The van der Waals surface area contributed by atoms with Crippen molar-refractivity contribution in [1.82, 2.24) is 9.78 Å². The summed E-state index contributed by atoms with van der Waals surface area (Å²) in [6, 6.07) is 0. The van der Waals surface area contributed by atoms with Gasteiger partial charge in [0.2, 0.25) is 0 Å². The van der Waals surface area contributed by atoms with Crippen molar-refractivity contribution in [1.29, 1.82) is 0 Å². The monoisotopic (exact) mass is 218 g/mol. The van der Waals surface area contributed by atoms with E-state index in [0.717, 1.165) is 12.3 Å². The van der Waals surface area contributed by atoms with Crippen molar-refractivity contribution in [3.05, 3.63) is 17.4 Å². The molecule has 0 fully saturated rings. The predicted octanol–water partition coefficient (Wildman–Crippen LogP) is 2.88. The fraction of sp³-hybridized carbons (Fsp3) is 0.667. The Balaban J connectivity index is 2.46. The second kappa shape index (κ2) is 5.55. The number of hydrogen-bond acceptors (Lipinski definition) is 2. The van der Waals surface area contributed by atoms with Crippen molar-refractivity contribution in [3.8, 4) is 0 Å². The smallest absolute Gasteiger partial charge is 0.0785 e. The van der Waals surface area contributed by atoms with Crippen LogP contribution in [0.2, 0.25) is 5.02 Å². The molecule has 2 nitrogen and oxygen atoms in total. The summed E-state index contributed by atoms with van der Waals surface area (Å²) in [4.78, 5) is 0. The van der Waals surface area contributed by atoms with Crippen LogP contribution in [0, 0.1) is 5.92 Å². The van der Waals surface area contributed by atoms with E-state index >= 15 is 0 Å². The van der Waals surface area contributed by atoms with Gasteiger partial charge in [-0.3, -0.25) is 4.68 Å². The Morgan fingerprint density at radius 1 is 1.69 bits per heavy atom. The molecular formula is C9H15ClN2S. The largest absolute Gasteiger partial charge is 0.271 e. The highest BCUT2D eigenvalue weighted by atomic mass is 35.5. The van der Waals surface area contributed by atoms with E-state index in [2.05, 4.69) is 24.7 Å². The molecule has 1 aromatic rings. The predicted molar refractivity (Wildman–Crippen MR) is 59.5 cm³/mol. The molecule has 0 bridgehead atoms. The normalized spacial score (nSPS) is 13.2. The topological polar surface area (TPSA) is 17.8 Å². The van der Waals surface area contributed by atoms with Gasteiger partial charge in [0.25, 0.3) is 0 Å². The van der Waals surface area contributed by atoms with Crippen LogP contribution >= 0.6 is 24.2 Å². The van der Waals surface area contributed by atoms with Gasteiger partial charge in [-0.05, 0) is 18.1 Å². The molecule has 0 saturated carbocycles. The van der Waals surface area contributed by atoms with E-state index in [4.69, 9.17) is 11.6 Å². The van der Waals surface area contributed by atoms with E-state index in [1.807, 2.05) is 10.9 Å². The van der Waals surface area contributed by atoms with Crippen LogP contribution in [0.5, 0.6) is 0 Å². The quantitative estimate of drug-likeness (QED) is 0.753. The molecule has 0 aromatic carbocycles. The van der Waals surface area contributed by atoms with Gasteiger partial charge in [-0.25, -0.2) is 0 Å². The number of hydrogen-bond donors (Lipinski definition) is 1. The summed E-state index contributed by atoms with van der Waals surface area (Å²) >= 11 is 10.1. The van der Waals surface area contributed by atoms with Crippen molar-refractivity contribution < 1.29 is 0 Å². The van der Waals surface area contributed by atoms with E-state index < -0.39 is 0 Å². The average Bonchev–Trinajstić information content (AvgIpc) is 2.50. The summed E-state index contributed by atoms with van der Waals surface area (Å²) in [7, 11) is 0. The van der Waals surface area contributed by atoms with Gasteiger partial charge in [-0.1, -0.05) is 24.9 Å². The van der Waals surface area contributed by atoms with Gasteiger partial charge in [0.05, 0.1) is 11.2 Å². The van der Waals surface area contributed by atoms with Crippen LogP contribution in [-0.4, -0.2) is 15.5 Å². The lowest BCUT2D eigenvalue weighted by atomic mass is 10.1. The van der Waals surface area contributed by atoms with Crippen molar-refractivity contribution >= 4 is 24.2 Å². The number of rotatable bonds is 5. The summed E-state index contributed by atoms with van der Waals surface area (Å²) in [6.45, 7) is 3.11. The van der Waals surface area contributed by atoms with E-state index in [9.17, 15) is 0 Å². The van der Waals surface area contributed by atoms with Crippen molar-refractivity contribution in [3.63, 3.8) is 0 Å². The maximum Gasteiger partial charge on any atom is 0.0785 e. The van der Waals surface area contributed by atoms with Gasteiger partial charge in [-0.15, -0.1) is 0 Å². The van der Waals surface area contributed by atoms with Gasteiger partial charge in [0.1, 0.15) is 0 Å². The van der Waals surface area contributed by atoms with E-state index in [0.29, 0.717) is 10.9 Å². The van der Waals surface area contributed by atoms with Crippen molar-refractivity contribution in [2.75, 3.05) is 5.75 Å². The van der Waals surface area contributed by atoms with Crippen LogP contribution in [0.4, 0.5) is 0 Å². The molecule has 0 saturated heterocycles. The molecule has 1 atom stereocenters. The molecule has 0 N–H and O–H groups in total. The first kappa shape index (κ1) is 10.9. The maximum absolute atomic E-state index is 5.76. The fourth-order valence-corrected chi connectivity index (χ4v) is 1.81. The zero-order valence-corrected chi connectivity index (χ0v) is 9.43. The lowest BCUT2D eigenvalue weighted by Crippen LogP contribution is -2.12. The van der Waals surface area contributed by atoms with Gasteiger partial charge in [0.15, 0.2) is 0 Å². The molecule has 0 aliphatic heterocycles. The van der Waals surface area contributed by atoms with E-state index in [1.165, 1.54) is 12.8 Å². The molecule has 1 aromatic heterocycles. The zero-order chi connectivity index (χ0) is 9.68. The highest BCUT2D eigenvalue weighted by Gasteiger charge is 2.06. The second-order valence-corrected chi connectivity index (χ2v) is 4.02. The number of aromatic nitrogens is 2. The lowest BCUT2D eigenvalue weighted by Gasteiger charge is -2.12. The lowest BCUT2D eigenvalue weighted by molar-refractivity contribution is 0.427. The van der Waals surface area contributed by atoms with E-state index in [1.54, 1.807) is 6.20 Å². The molecular weight excluding hydrogens is 204 g/mol. The minimum absolute atomic E-state index is 0.601. The van der Waals surface area contributed by atoms with Crippen molar-refractivity contribution in [2.45, 2.75) is 26.3 Å². The Hall–Kier alpha value is -0.150. The third-order valence-electron chi connectivity index (χ3n) is 2.00. The Morgan fingerprint density at radius 3 is 2.92 bits per heavy atom. The summed E-state index contributed by atoms with van der Waals surface area (Å²) in [5.41, 5.74) is 0. The van der Waals surface area contributed by atoms with Crippen LogP contribution in [-0.2, 0) is 6.54 Å². The highest BCUT2D eigenvalue weighted by molar-refractivity contribution is 7.80. The number of nitrogens with zero attached hydrogens (tertiary/aromatic N) is 2. The molecule has 0 aliphatic rings. The Morgan fingerprint density at radius 2 is 2.46 bits per heavy atom. The van der Waals surface area contributed by atoms with Crippen LogP contribution in [0.25, 0.3) is 0 Å². The van der Waals surface area contributed by atoms with Crippen LogP contribution in [0.1, 0.15) is 19.8 Å². The highest BCUT2D eigenvalue weighted by Crippen LogP contribution is 2.12. The summed E-state index contributed by atoms with van der Waals surface area (Å²) in [5, 5.41) is 4.84. The third kappa shape index (κ3) is 3.61. The van der Waals surface area contributed by atoms with Crippen LogP contribution in [0.3, 0.4) is 0 Å². The molecule has 1 unspecified atom stereocenters. The van der Waals surface area contributed by atoms with Crippen molar-refractivity contribution in [2.24, 2.45) is 5.92 Å². The first-order valence-electron chi connectivity index (χ1n) is 4.55. The number of halogens is 1. The van der Waals surface area contributed by atoms with Gasteiger partial charge < -0.3 is 0 Å². The first-order valence-corrected chi connectivity index (χ1v) is 5.56. The summed E-state index contributed by atoms with van der Waals surface area (Å²) in [5.74, 6) is 1.51. The van der Waals surface area contributed by atoms with Gasteiger partial charge >= 0.3 is 0 Å². The molecule has 1 heterocycles.